The summed E-state index contributed by atoms with van der Waals surface area (Å²) in [5.74, 6) is 0. The number of aliphatic imine (C=N–C) groups is 1. The minimum atomic E-state index is 0.929. The predicted molar refractivity (Wildman–Crippen MR) is 61.7 cm³/mol. The first-order chi connectivity index (χ1) is 6.69. The summed E-state index contributed by atoms with van der Waals surface area (Å²) in [7, 11) is 1.78. The summed E-state index contributed by atoms with van der Waals surface area (Å²) in [5, 5.41) is 0. The second-order valence-corrected chi connectivity index (χ2v) is 3.17. The van der Waals surface area contributed by atoms with Crippen LogP contribution in [0.15, 0.2) is 29.8 Å². The van der Waals surface area contributed by atoms with Gasteiger partial charge < -0.3 is 0 Å². The van der Waals surface area contributed by atoms with E-state index in [1.807, 2.05) is 25.1 Å². The van der Waals surface area contributed by atoms with Crippen molar-refractivity contribution in [3.8, 4) is 0 Å². The molecule has 14 heavy (non-hydrogen) atoms. The standard InChI is InChI=1S/C12H16N2/c1-5-9(2)11-7-6-8-12(14-11)10(3)13-4/h6-8H,2,5H2,1,3-4H3. The van der Waals surface area contributed by atoms with Crippen LogP contribution in [0.1, 0.15) is 31.7 Å². The van der Waals surface area contributed by atoms with E-state index in [4.69, 9.17) is 0 Å². The molecule has 0 N–H and O–H groups in total. The smallest absolute Gasteiger partial charge is 0.0844 e. The van der Waals surface area contributed by atoms with Crippen molar-refractivity contribution in [3.05, 3.63) is 36.2 Å². The van der Waals surface area contributed by atoms with E-state index in [2.05, 4.69) is 23.5 Å². The lowest BCUT2D eigenvalue weighted by atomic mass is 10.1. The third-order valence-electron chi connectivity index (χ3n) is 2.24. The van der Waals surface area contributed by atoms with Crippen molar-refractivity contribution in [2.75, 3.05) is 7.05 Å². The van der Waals surface area contributed by atoms with E-state index in [0.717, 1.165) is 29.1 Å². The second-order valence-electron chi connectivity index (χ2n) is 3.17. The minimum absolute atomic E-state index is 0.929. The Morgan fingerprint density at radius 3 is 2.64 bits per heavy atom. The highest BCUT2D eigenvalue weighted by molar-refractivity contribution is 5.97. The maximum absolute atomic E-state index is 4.48. The molecule has 0 spiro atoms. The first-order valence-electron chi connectivity index (χ1n) is 4.78. The van der Waals surface area contributed by atoms with E-state index >= 15 is 0 Å². The van der Waals surface area contributed by atoms with Crippen LogP contribution in [-0.4, -0.2) is 17.7 Å². The number of aromatic nitrogens is 1. The molecule has 74 valence electrons. The highest BCUT2D eigenvalue weighted by Gasteiger charge is 2.01. The molecule has 0 saturated heterocycles. The monoisotopic (exact) mass is 188 g/mol. The van der Waals surface area contributed by atoms with Gasteiger partial charge in [-0.3, -0.25) is 4.99 Å². The predicted octanol–water partition coefficient (Wildman–Crippen LogP) is 2.94. The zero-order valence-electron chi connectivity index (χ0n) is 9.04. The van der Waals surface area contributed by atoms with Crippen LogP contribution < -0.4 is 0 Å². The van der Waals surface area contributed by atoms with E-state index in [-0.39, 0.29) is 0 Å². The van der Waals surface area contributed by atoms with Gasteiger partial charge in [0.2, 0.25) is 0 Å². The molecule has 0 fully saturated rings. The van der Waals surface area contributed by atoms with E-state index in [9.17, 15) is 0 Å². The van der Waals surface area contributed by atoms with Gasteiger partial charge in [-0.1, -0.05) is 19.6 Å². The van der Waals surface area contributed by atoms with Crippen LogP contribution >= 0.6 is 0 Å². The third-order valence-corrected chi connectivity index (χ3v) is 2.24. The quantitative estimate of drug-likeness (QED) is 0.669. The summed E-state index contributed by atoms with van der Waals surface area (Å²) in [6.45, 7) is 8.01. The lowest BCUT2D eigenvalue weighted by Crippen LogP contribution is -2.00. The molecule has 0 unspecified atom stereocenters. The number of allylic oxidation sites excluding steroid dienone is 1. The van der Waals surface area contributed by atoms with Gasteiger partial charge in [0, 0.05) is 7.05 Å². The van der Waals surface area contributed by atoms with Crippen molar-refractivity contribution in [3.63, 3.8) is 0 Å². The van der Waals surface area contributed by atoms with Crippen LogP contribution in [0.2, 0.25) is 0 Å². The van der Waals surface area contributed by atoms with Crippen molar-refractivity contribution >= 4 is 11.3 Å². The molecule has 0 atom stereocenters. The summed E-state index contributed by atoms with van der Waals surface area (Å²) in [6, 6.07) is 5.94. The molecule has 0 aromatic carbocycles. The van der Waals surface area contributed by atoms with Crippen molar-refractivity contribution in [1.29, 1.82) is 0 Å². The first-order valence-corrected chi connectivity index (χ1v) is 4.78. The topological polar surface area (TPSA) is 25.2 Å². The molecule has 1 rings (SSSR count). The van der Waals surface area contributed by atoms with E-state index in [0.29, 0.717) is 0 Å². The lowest BCUT2D eigenvalue weighted by molar-refractivity contribution is 1.16. The third kappa shape index (κ3) is 2.28. The highest BCUT2D eigenvalue weighted by Crippen LogP contribution is 2.13. The number of rotatable bonds is 3. The summed E-state index contributed by atoms with van der Waals surface area (Å²) in [6.07, 6.45) is 0.929. The van der Waals surface area contributed by atoms with Gasteiger partial charge in [0.25, 0.3) is 0 Å². The van der Waals surface area contributed by atoms with Crippen LogP contribution in [-0.2, 0) is 0 Å². The Labute approximate surface area is 85.4 Å². The molecule has 2 heteroatoms. The molecular formula is C12H16N2. The fraction of sp³-hybridized carbons (Fsp3) is 0.333. The minimum Gasteiger partial charge on any atom is -0.291 e. The average molecular weight is 188 g/mol. The van der Waals surface area contributed by atoms with E-state index < -0.39 is 0 Å². The molecule has 0 aliphatic carbocycles. The average Bonchev–Trinajstić information content (AvgIpc) is 2.27. The molecule has 1 aromatic heterocycles. The highest BCUT2D eigenvalue weighted by atomic mass is 14.8. The Balaban J connectivity index is 3.07. The van der Waals surface area contributed by atoms with Crippen LogP contribution in [0.5, 0.6) is 0 Å². The van der Waals surface area contributed by atoms with Gasteiger partial charge in [0.05, 0.1) is 17.1 Å². The van der Waals surface area contributed by atoms with Gasteiger partial charge >= 0.3 is 0 Å². The molecule has 1 aromatic rings. The van der Waals surface area contributed by atoms with Gasteiger partial charge in [-0.15, -0.1) is 0 Å². The van der Waals surface area contributed by atoms with Crippen molar-refractivity contribution in [1.82, 2.24) is 4.98 Å². The van der Waals surface area contributed by atoms with Gasteiger partial charge in [0.1, 0.15) is 0 Å². The van der Waals surface area contributed by atoms with Crippen molar-refractivity contribution in [2.45, 2.75) is 20.3 Å². The number of hydrogen-bond acceptors (Lipinski definition) is 2. The number of hydrogen-bond donors (Lipinski definition) is 0. The van der Waals surface area contributed by atoms with Crippen LogP contribution in [0.25, 0.3) is 5.57 Å². The Morgan fingerprint density at radius 1 is 1.43 bits per heavy atom. The largest absolute Gasteiger partial charge is 0.291 e. The summed E-state index contributed by atoms with van der Waals surface area (Å²) in [5.41, 5.74) is 3.92. The molecule has 0 aliphatic heterocycles. The van der Waals surface area contributed by atoms with E-state index in [1.54, 1.807) is 7.05 Å². The fourth-order valence-electron chi connectivity index (χ4n) is 1.13. The Bertz CT molecular complexity index is 364. The second kappa shape index (κ2) is 4.70. The first kappa shape index (κ1) is 10.6. The fourth-order valence-corrected chi connectivity index (χ4v) is 1.13. The van der Waals surface area contributed by atoms with E-state index in [1.165, 1.54) is 0 Å². The number of nitrogens with zero attached hydrogens (tertiary/aromatic N) is 2. The number of pyridine rings is 1. The Hall–Kier alpha value is -1.44. The Morgan fingerprint density at radius 2 is 2.07 bits per heavy atom. The summed E-state index contributed by atoms with van der Waals surface area (Å²) in [4.78, 5) is 8.59. The molecule has 0 radical (unpaired) electrons. The van der Waals surface area contributed by atoms with Crippen LogP contribution in [0.4, 0.5) is 0 Å². The zero-order chi connectivity index (χ0) is 10.6. The zero-order valence-corrected chi connectivity index (χ0v) is 9.04. The molecule has 2 nitrogen and oxygen atoms in total. The lowest BCUT2D eigenvalue weighted by Gasteiger charge is -2.04. The maximum atomic E-state index is 4.48. The normalized spacial score (nSPS) is 11.5. The van der Waals surface area contributed by atoms with Crippen LogP contribution in [0.3, 0.4) is 0 Å². The van der Waals surface area contributed by atoms with Gasteiger partial charge in [0.15, 0.2) is 0 Å². The molecule has 0 amide bonds. The molecule has 0 bridgehead atoms. The van der Waals surface area contributed by atoms with Crippen molar-refractivity contribution < 1.29 is 0 Å². The van der Waals surface area contributed by atoms with Gasteiger partial charge in [-0.05, 0) is 31.1 Å². The van der Waals surface area contributed by atoms with Gasteiger partial charge in [-0.2, -0.15) is 0 Å². The molecule has 1 heterocycles. The van der Waals surface area contributed by atoms with Crippen molar-refractivity contribution in [2.24, 2.45) is 4.99 Å². The van der Waals surface area contributed by atoms with Gasteiger partial charge in [-0.25, -0.2) is 4.98 Å². The van der Waals surface area contributed by atoms with Crippen LogP contribution in [0, 0.1) is 0 Å². The SMILES string of the molecule is C=C(CC)c1cccc(C(C)=NC)n1. The Kier molecular flexibility index (Phi) is 3.57. The summed E-state index contributed by atoms with van der Waals surface area (Å²) >= 11 is 0. The molecule has 0 saturated carbocycles. The summed E-state index contributed by atoms with van der Waals surface area (Å²) < 4.78 is 0. The maximum Gasteiger partial charge on any atom is 0.0844 e. The molecular weight excluding hydrogens is 172 g/mol. The molecule has 0 aliphatic rings.